The lowest BCUT2D eigenvalue weighted by Crippen LogP contribution is -2.39. The summed E-state index contributed by atoms with van der Waals surface area (Å²) in [6.45, 7) is 4.21. The average molecular weight is 373 g/mol. The zero-order valence-corrected chi connectivity index (χ0v) is 15.5. The van der Waals surface area contributed by atoms with Crippen LogP contribution in [-0.4, -0.2) is 53.8 Å². The molecule has 3 rings (SSSR count). The van der Waals surface area contributed by atoms with E-state index in [0.717, 1.165) is 24.9 Å². The molecule has 2 heterocycles. The smallest absolute Gasteiger partial charge is 0.337 e. The Morgan fingerprint density at radius 2 is 2.07 bits per heavy atom. The van der Waals surface area contributed by atoms with Crippen molar-refractivity contribution in [3.05, 3.63) is 35.7 Å². The summed E-state index contributed by atoms with van der Waals surface area (Å²) in [5.41, 5.74) is 1.21. The third kappa shape index (κ3) is 4.71. The molecule has 0 spiro atoms. The topological polar surface area (TPSA) is 94.8 Å². The fourth-order valence-corrected chi connectivity index (χ4v) is 3.15. The van der Waals surface area contributed by atoms with Gasteiger partial charge >= 0.3 is 11.9 Å². The summed E-state index contributed by atoms with van der Waals surface area (Å²) in [5.74, 6) is 0.314. The number of likely N-dealkylation sites (tertiary alicyclic amines) is 1. The van der Waals surface area contributed by atoms with Crippen LogP contribution >= 0.6 is 0 Å². The summed E-state index contributed by atoms with van der Waals surface area (Å²) < 4.78 is 15.2. The minimum atomic E-state index is -0.392. The zero-order chi connectivity index (χ0) is 19.2. The minimum Gasteiger partial charge on any atom is -0.466 e. The highest BCUT2D eigenvalue weighted by molar-refractivity contribution is 5.89. The minimum absolute atomic E-state index is 0.105. The highest BCUT2D eigenvalue weighted by Gasteiger charge is 2.27. The molecule has 0 bridgehead atoms. The number of methoxy groups -OCH3 is 1. The van der Waals surface area contributed by atoms with Crippen molar-refractivity contribution in [3.8, 4) is 11.4 Å². The van der Waals surface area contributed by atoms with E-state index < -0.39 is 5.97 Å². The molecule has 1 unspecified atom stereocenters. The first-order valence-corrected chi connectivity index (χ1v) is 9.01. The summed E-state index contributed by atoms with van der Waals surface area (Å²) in [6, 6.07) is 6.81. The lowest BCUT2D eigenvalue weighted by Gasteiger charge is -2.30. The molecule has 1 atom stereocenters. The molecular weight excluding hydrogens is 350 g/mol. The number of piperidine rings is 1. The van der Waals surface area contributed by atoms with Crippen LogP contribution in [0.15, 0.2) is 28.8 Å². The first-order chi connectivity index (χ1) is 13.1. The standard InChI is InChI=1S/C19H23N3O5/c1-3-26-19(24)15-5-4-10-22(11-15)12-16-20-17(21-27-16)13-6-8-14(9-7-13)18(23)25-2/h6-9,15H,3-5,10-12H2,1-2H3. The quantitative estimate of drug-likeness (QED) is 0.712. The third-order valence-corrected chi connectivity index (χ3v) is 4.52. The number of ether oxygens (including phenoxy) is 2. The SMILES string of the molecule is CCOC(=O)C1CCCN(Cc2nc(-c3ccc(C(=O)OC)cc3)no2)C1. The van der Waals surface area contributed by atoms with Crippen LogP contribution in [0.5, 0.6) is 0 Å². The first kappa shape index (κ1) is 19.0. The molecule has 1 aliphatic heterocycles. The second-order valence-corrected chi connectivity index (χ2v) is 6.41. The molecule has 8 nitrogen and oxygen atoms in total. The number of nitrogens with zero attached hydrogens (tertiary/aromatic N) is 3. The van der Waals surface area contributed by atoms with Gasteiger partial charge in [-0.1, -0.05) is 17.3 Å². The maximum atomic E-state index is 11.9. The van der Waals surface area contributed by atoms with Crippen LogP contribution in [0.2, 0.25) is 0 Å². The van der Waals surface area contributed by atoms with E-state index in [1.165, 1.54) is 7.11 Å². The lowest BCUT2D eigenvalue weighted by atomic mass is 9.98. The van der Waals surface area contributed by atoms with Gasteiger partial charge in [-0.2, -0.15) is 4.98 Å². The van der Waals surface area contributed by atoms with Gasteiger partial charge in [0.2, 0.25) is 11.7 Å². The fraction of sp³-hybridized carbons (Fsp3) is 0.474. The van der Waals surface area contributed by atoms with Gasteiger partial charge in [-0.05, 0) is 38.4 Å². The molecule has 1 fully saturated rings. The van der Waals surface area contributed by atoms with Crippen molar-refractivity contribution in [3.63, 3.8) is 0 Å². The number of carbonyl (C=O) groups excluding carboxylic acids is 2. The van der Waals surface area contributed by atoms with Crippen LogP contribution in [0.4, 0.5) is 0 Å². The normalized spacial score (nSPS) is 17.5. The Balaban J connectivity index is 1.62. The molecule has 1 saturated heterocycles. The molecule has 1 aromatic heterocycles. The van der Waals surface area contributed by atoms with Crippen molar-refractivity contribution in [1.29, 1.82) is 0 Å². The van der Waals surface area contributed by atoms with Crippen LogP contribution in [0.1, 0.15) is 36.0 Å². The first-order valence-electron chi connectivity index (χ1n) is 9.01. The summed E-state index contributed by atoms with van der Waals surface area (Å²) in [5, 5.41) is 4.01. The molecule has 1 aromatic carbocycles. The maximum Gasteiger partial charge on any atom is 0.337 e. The van der Waals surface area contributed by atoms with E-state index >= 15 is 0 Å². The van der Waals surface area contributed by atoms with Crippen LogP contribution in [0.3, 0.4) is 0 Å². The molecule has 0 aliphatic carbocycles. The van der Waals surface area contributed by atoms with Crippen molar-refractivity contribution in [1.82, 2.24) is 15.0 Å². The van der Waals surface area contributed by atoms with Crippen molar-refractivity contribution < 1.29 is 23.6 Å². The van der Waals surface area contributed by atoms with Gasteiger partial charge < -0.3 is 14.0 Å². The Bertz CT molecular complexity index is 787. The van der Waals surface area contributed by atoms with Gasteiger partial charge in [0.1, 0.15) is 0 Å². The van der Waals surface area contributed by atoms with Crippen LogP contribution < -0.4 is 0 Å². The molecule has 27 heavy (non-hydrogen) atoms. The van der Waals surface area contributed by atoms with E-state index in [4.69, 9.17) is 9.26 Å². The van der Waals surface area contributed by atoms with Crippen molar-refractivity contribution in [2.24, 2.45) is 5.92 Å². The second kappa shape index (κ2) is 8.77. The summed E-state index contributed by atoms with van der Waals surface area (Å²) in [7, 11) is 1.34. The molecule has 0 radical (unpaired) electrons. The van der Waals surface area contributed by atoms with Crippen LogP contribution in [0, 0.1) is 5.92 Å². The Morgan fingerprint density at radius 1 is 1.30 bits per heavy atom. The van der Waals surface area contributed by atoms with E-state index in [1.54, 1.807) is 24.3 Å². The van der Waals surface area contributed by atoms with Gasteiger partial charge in [-0.25, -0.2) is 4.79 Å². The summed E-state index contributed by atoms with van der Waals surface area (Å²) >= 11 is 0. The Labute approximate surface area is 157 Å². The number of hydrogen-bond donors (Lipinski definition) is 0. The van der Waals surface area contributed by atoms with Gasteiger partial charge in [0.25, 0.3) is 0 Å². The van der Waals surface area contributed by atoms with Gasteiger partial charge in [0.15, 0.2) is 0 Å². The predicted octanol–water partition coefficient (Wildman–Crippen LogP) is 2.30. The molecule has 0 amide bonds. The van der Waals surface area contributed by atoms with Gasteiger partial charge in [0.05, 0.1) is 31.7 Å². The summed E-state index contributed by atoms with van der Waals surface area (Å²) in [6.07, 6.45) is 1.77. The number of esters is 2. The molecule has 8 heteroatoms. The number of aromatic nitrogens is 2. The van der Waals surface area contributed by atoms with Gasteiger partial charge in [-0.15, -0.1) is 0 Å². The zero-order valence-electron chi connectivity index (χ0n) is 15.5. The lowest BCUT2D eigenvalue weighted by molar-refractivity contribution is -0.150. The molecular formula is C19H23N3O5. The van der Waals surface area contributed by atoms with E-state index in [-0.39, 0.29) is 11.9 Å². The number of benzene rings is 1. The number of hydrogen-bond acceptors (Lipinski definition) is 8. The maximum absolute atomic E-state index is 11.9. The fourth-order valence-electron chi connectivity index (χ4n) is 3.15. The number of rotatable bonds is 6. The average Bonchev–Trinajstić information content (AvgIpc) is 3.16. The van der Waals surface area contributed by atoms with Crippen LogP contribution in [-0.2, 0) is 20.8 Å². The molecule has 0 N–H and O–H groups in total. The van der Waals surface area contributed by atoms with Crippen molar-refractivity contribution in [2.75, 3.05) is 26.8 Å². The molecule has 2 aromatic rings. The molecule has 144 valence electrons. The van der Waals surface area contributed by atoms with E-state index in [2.05, 4.69) is 19.8 Å². The Hall–Kier alpha value is -2.74. The highest BCUT2D eigenvalue weighted by atomic mass is 16.5. The van der Waals surface area contributed by atoms with E-state index in [0.29, 0.717) is 37.0 Å². The number of carbonyl (C=O) groups is 2. The highest BCUT2D eigenvalue weighted by Crippen LogP contribution is 2.21. The van der Waals surface area contributed by atoms with Crippen LogP contribution in [0.25, 0.3) is 11.4 Å². The summed E-state index contributed by atoms with van der Waals surface area (Å²) in [4.78, 5) is 30.0. The predicted molar refractivity (Wildman–Crippen MR) is 95.7 cm³/mol. The molecule has 1 aliphatic rings. The van der Waals surface area contributed by atoms with Gasteiger partial charge in [-0.3, -0.25) is 9.69 Å². The third-order valence-electron chi connectivity index (χ3n) is 4.52. The Morgan fingerprint density at radius 3 is 2.78 bits per heavy atom. The van der Waals surface area contributed by atoms with Crippen molar-refractivity contribution >= 4 is 11.9 Å². The van der Waals surface area contributed by atoms with Gasteiger partial charge in [0, 0.05) is 12.1 Å². The molecule has 0 saturated carbocycles. The second-order valence-electron chi connectivity index (χ2n) is 6.41. The van der Waals surface area contributed by atoms with Crippen molar-refractivity contribution in [2.45, 2.75) is 26.3 Å². The Kier molecular flexibility index (Phi) is 6.18. The monoisotopic (exact) mass is 373 g/mol. The van der Waals surface area contributed by atoms with E-state index in [1.807, 2.05) is 6.92 Å². The largest absolute Gasteiger partial charge is 0.466 e. The van der Waals surface area contributed by atoms with E-state index in [9.17, 15) is 9.59 Å².